The van der Waals surface area contributed by atoms with Gasteiger partial charge in [-0.05, 0) is 5.22 Å². The van der Waals surface area contributed by atoms with E-state index in [2.05, 4.69) is 31.9 Å². The SMILES string of the molecule is CCc1[nH]cc[n+]1C.N#CC1=NN=NC1(C#N)C(=O)[O-]. The zero-order chi connectivity index (χ0) is 15.2. The summed E-state index contributed by atoms with van der Waals surface area (Å²) < 4.78 is 2.08. The van der Waals surface area contributed by atoms with Gasteiger partial charge in [0.1, 0.15) is 24.5 Å². The van der Waals surface area contributed by atoms with Gasteiger partial charge in [0, 0.05) is 6.42 Å². The average molecular weight is 273 g/mol. The number of carbonyl (C=O) groups is 1. The molecule has 2 rings (SSSR count). The Bertz CT molecular complexity index is 646. The quantitative estimate of drug-likeness (QED) is 0.670. The molecule has 20 heavy (non-hydrogen) atoms. The minimum atomic E-state index is -2.34. The van der Waals surface area contributed by atoms with Crippen LogP contribution in [0.3, 0.4) is 0 Å². The molecule has 1 N–H and O–H groups in total. The Morgan fingerprint density at radius 2 is 2.30 bits per heavy atom. The van der Waals surface area contributed by atoms with Crippen LogP contribution in [0.5, 0.6) is 0 Å². The second kappa shape index (κ2) is 6.20. The van der Waals surface area contributed by atoms with Gasteiger partial charge in [-0.15, -0.1) is 10.2 Å². The third-order valence-electron chi connectivity index (χ3n) is 2.55. The van der Waals surface area contributed by atoms with E-state index in [1.807, 2.05) is 19.4 Å². The number of hydrogen-bond donors (Lipinski definition) is 1. The summed E-state index contributed by atoms with van der Waals surface area (Å²) in [5.74, 6) is -0.531. The van der Waals surface area contributed by atoms with Crippen molar-refractivity contribution in [1.82, 2.24) is 4.98 Å². The fourth-order valence-electron chi connectivity index (χ4n) is 1.40. The van der Waals surface area contributed by atoms with E-state index in [9.17, 15) is 9.90 Å². The van der Waals surface area contributed by atoms with Gasteiger partial charge in [0.15, 0.2) is 5.71 Å². The molecule has 2 heterocycles. The first-order chi connectivity index (χ1) is 9.51. The number of carbonyl (C=O) groups excluding carboxylic acids is 1. The Labute approximate surface area is 114 Å². The lowest BCUT2D eigenvalue weighted by Gasteiger charge is -2.14. The number of nitriles is 2. The summed E-state index contributed by atoms with van der Waals surface area (Å²) in [5, 5.41) is 36.2. The van der Waals surface area contributed by atoms with Gasteiger partial charge in [0.05, 0.1) is 13.0 Å². The topological polar surface area (TPSA) is 144 Å². The highest BCUT2D eigenvalue weighted by Crippen LogP contribution is 2.18. The van der Waals surface area contributed by atoms with Crippen LogP contribution in [-0.4, -0.2) is 22.2 Å². The van der Waals surface area contributed by atoms with Crippen molar-refractivity contribution in [3.63, 3.8) is 0 Å². The molecule has 9 heteroatoms. The maximum Gasteiger partial charge on any atom is 0.261 e. The van der Waals surface area contributed by atoms with E-state index < -0.39 is 17.2 Å². The van der Waals surface area contributed by atoms with Crippen molar-refractivity contribution >= 4 is 11.7 Å². The first-order valence-electron chi connectivity index (χ1n) is 5.56. The number of nitrogens with zero attached hydrogens (tertiary/aromatic N) is 6. The summed E-state index contributed by atoms with van der Waals surface area (Å²) in [6.45, 7) is 2.13. The largest absolute Gasteiger partial charge is 0.546 e. The summed E-state index contributed by atoms with van der Waals surface area (Å²) in [7, 11) is 2.04. The molecule has 0 spiro atoms. The van der Waals surface area contributed by atoms with Crippen molar-refractivity contribution in [2.45, 2.75) is 18.9 Å². The number of nitrogens with one attached hydrogen (secondary N) is 1. The highest BCUT2D eigenvalue weighted by molar-refractivity contribution is 6.20. The van der Waals surface area contributed by atoms with Crippen LogP contribution in [0.2, 0.25) is 0 Å². The molecule has 0 aliphatic carbocycles. The van der Waals surface area contributed by atoms with Crippen LogP contribution in [0.4, 0.5) is 0 Å². The molecule has 9 nitrogen and oxygen atoms in total. The Balaban J connectivity index is 0.000000217. The Kier molecular flexibility index (Phi) is 4.65. The molecule has 1 aromatic heterocycles. The Morgan fingerprint density at radius 3 is 2.60 bits per heavy atom. The van der Waals surface area contributed by atoms with Crippen LogP contribution in [-0.2, 0) is 18.3 Å². The van der Waals surface area contributed by atoms with E-state index >= 15 is 0 Å². The lowest BCUT2D eigenvalue weighted by Crippen LogP contribution is -2.50. The summed E-state index contributed by atoms with van der Waals surface area (Å²) in [6.07, 6.45) is 5.03. The summed E-state index contributed by atoms with van der Waals surface area (Å²) in [5.41, 5.74) is -2.92. The van der Waals surface area contributed by atoms with Gasteiger partial charge in [0.2, 0.25) is 0 Å². The number of hydrogen-bond acceptors (Lipinski definition) is 7. The molecule has 0 bridgehead atoms. The maximum atomic E-state index is 10.4. The number of carboxylic acids is 1. The monoisotopic (exact) mass is 273 g/mol. The van der Waals surface area contributed by atoms with E-state index in [0.29, 0.717) is 0 Å². The molecule has 0 saturated heterocycles. The third kappa shape index (κ3) is 2.67. The number of aromatic amines is 1. The summed E-state index contributed by atoms with van der Waals surface area (Å²) in [6, 6.07) is 2.71. The predicted molar refractivity (Wildman–Crippen MR) is 62.6 cm³/mol. The predicted octanol–water partition coefficient (Wildman–Crippen LogP) is -1.25. The van der Waals surface area contributed by atoms with Crippen LogP contribution < -0.4 is 9.67 Å². The number of rotatable bonds is 2. The van der Waals surface area contributed by atoms with Crippen LogP contribution in [0.25, 0.3) is 0 Å². The number of imidazole rings is 1. The zero-order valence-electron chi connectivity index (χ0n) is 10.9. The van der Waals surface area contributed by atoms with Gasteiger partial charge < -0.3 is 9.90 Å². The number of aryl methyl sites for hydroxylation is 2. The molecule has 1 aliphatic rings. The van der Waals surface area contributed by atoms with Crippen molar-refractivity contribution in [2.24, 2.45) is 22.5 Å². The second-order valence-electron chi connectivity index (χ2n) is 3.73. The number of H-pyrrole nitrogens is 1. The van der Waals surface area contributed by atoms with Gasteiger partial charge in [-0.1, -0.05) is 6.92 Å². The normalized spacial score (nSPS) is 19.3. The summed E-state index contributed by atoms with van der Waals surface area (Å²) in [4.78, 5) is 13.5. The van der Waals surface area contributed by atoms with Gasteiger partial charge in [-0.25, -0.2) is 9.55 Å². The van der Waals surface area contributed by atoms with Crippen molar-refractivity contribution in [3.8, 4) is 12.1 Å². The Hall–Kier alpha value is -3.07. The highest BCUT2D eigenvalue weighted by Gasteiger charge is 2.42. The van der Waals surface area contributed by atoms with Crippen LogP contribution in [0, 0.1) is 22.7 Å². The van der Waals surface area contributed by atoms with Crippen molar-refractivity contribution < 1.29 is 14.5 Å². The van der Waals surface area contributed by atoms with Crippen LogP contribution >= 0.6 is 0 Å². The first-order valence-corrected chi connectivity index (χ1v) is 5.56. The molecule has 0 aromatic carbocycles. The summed E-state index contributed by atoms with van der Waals surface area (Å²) >= 11 is 0. The standard InChI is InChI=1S/C6H10N2.C5HN5O2/c1-3-6-7-4-5-8(6)2;6-1-3-5(2-7,4(11)12)9-10-8-3/h4-5H,3H2,1-2H3;(H,11,12). The zero-order valence-corrected chi connectivity index (χ0v) is 10.9. The molecule has 1 aromatic rings. The molecule has 0 saturated carbocycles. The first kappa shape index (κ1) is 15.0. The lowest BCUT2D eigenvalue weighted by molar-refractivity contribution is -0.677. The number of aliphatic carboxylic acids is 1. The van der Waals surface area contributed by atoms with Crippen LogP contribution in [0.15, 0.2) is 27.8 Å². The minimum Gasteiger partial charge on any atom is -0.546 e. The van der Waals surface area contributed by atoms with E-state index in [4.69, 9.17) is 10.5 Å². The molecular weight excluding hydrogens is 262 g/mol. The fraction of sp³-hybridized carbons (Fsp3) is 0.364. The molecule has 1 aliphatic heterocycles. The lowest BCUT2D eigenvalue weighted by atomic mass is 9.98. The van der Waals surface area contributed by atoms with Crippen molar-refractivity contribution in [2.75, 3.05) is 0 Å². The number of carboxylic acid groups (broad SMARTS) is 1. The average Bonchev–Trinajstić information content (AvgIpc) is 3.05. The molecule has 102 valence electrons. The third-order valence-corrected chi connectivity index (χ3v) is 2.55. The minimum absolute atomic E-state index is 0.579. The van der Waals surface area contributed by atoms with Crippen molar-refractivity contribution in [1.29, 1.82) is 10.5 Å². The smallest absolute Gasteiger partial charge is 0.261 e. The van der Waals surface area contributed by atoms with E-state index in [1.165, 1.54) is 18.0 Å². The van der Waals surface area contributed by atoms with Crippen LogP contribution in [0.1, 0.15) is 12.7 Å². The molecule has 0 radical (unpaired) electrons. The van der Waals surface area contributed by atoms with Gasteiger partial charge >= 0.3 is 0 Å². The fourth-order valence-corrected chi connectivity index (χ4v) is 1.40. The van der Waals surface area contributed by atoms with E-state index in [1.54, 1.807) is 0 Å². The highest BCUT2D eigenvalue weighted by atomic mass is 16.4. The van der Waals surface area contributed by atoms with Crippen molar-refractivity contribution in [3.05, 3.63) is 18.2 Å². The maximum absolute atomic E-state index is 10.4. The van der Waals surface area contributed by atoms with E-state index in [0.717, 1.165) is 6.42 Å². The Morgan fingerprint density at radius 1 is 1.60 bits per heavy atom. The number of aromatic nitrogens is 2. The van der Waals surface area contributed by atoms with Gasteiger partial charge in [0.25, 0.3) is 11.4 Å². The molecular formula is C11H11N7O2. The van der Waals surface area contributed by atoms with Gasteiger partial charge in [-0.3, -0.25) is 0 Å². The molecule has 0 fully saturated rings. The van der Waals surface area contributed by atoms with Gasteiger partial charge in [-0.2, -0.15) is 10.5 Å². The molecule has 1 unspecified atom stereocenters. The second-order valence-corrected chi connectivity index (χ2v) is 3.73. The van der Waals surface area contributed by atoms with E-state index in [-0.39, 0.29) is 0 Å². The molecule has 0 amide bonds. The molecule has 1 atom stereocenters.